The summed E-state index contributed by atoms with van der Waals surface area (Å²) in [6.07, 6.45) is 1.73. The number of carbonyl (C=O) groups is 2. The molecule has 1 N–H and O–H groups in total. The fourth-order valence-corrected chi connectivity index (χ4v) is 4.30. The van der Waals surface area contributed by atoms with Crippen molar-refractivity contribution in [2.24, 2.45) is 0 Å². The maximum Gasteiger partial charge on any atom is 0.286 e. The zero-order valence-corrected chi connectivity index (χ0v) is 17.2. The predicted molar refractivity (Wildman–Crippen MR) is 113 cm³/mol. The van der Waals surface area contributed by atoms with Gasteiger partial charge in [-0.15, -0.1) is 10.2 Å². The van der Waals surface area contributed by atoms with Gasteiger partial charge in [0.1, 0.15) is 5.01 Å². The van der Waals surface area contributed by atoms with E-state index in [1.165, 1.54) is 11.3 Å². The van der Waals surface area contributed by atoms with Crippen LogP contribution < -0.4 is 5.32 Å². The van der Waals surface area contributed by atoms with Crippen molar-refractivity contribution in [1.29, 1.82) is 0 Å². The van der Waals surface area contributed by atoms with E-state index in [2.05, 4.69) is 15.5 Å². The van der Waals surface area contributed by atoms with E-state index >= 15 is 0 Å². The molecule has 2 heterocycles. The highest BCUT2D eigenvalue weighted by molar-refractivity contribution is 7.13. The average molecular weight is 407 g/mol. The Kier molecular flexibility index (Phi) is 5.40. The van der Waals surface area contributed by atoms with Crippen molar-refractivity contribution < 1.29 is 9.59 Å². The molecule has 1 atom stereocenters. The van der Waals surface area contributed by atoms with E-state index in [4.69, 9.17) is 0 Å². The van der Waals surface area contributed by atoms with Gasteiger partial charge in [0.2, 0.25) is 5.01 Å². The van der Waals surface area contributed by atoms with Crippen LogP contribution in [0.2, 0.25) is 0 Å². The number of rotatable bonds is 4. The molecule has 1 aliphatic heterocycles. The quantitative estimate of drug-likeness (QED) is 0.697. The SMILES string of the molecule is Cc1ccc(NC(=O)c2nnc([C@H]3CCCN3C(=O)c3ccc(C)cc3)s2)cc1. The molecule has 0 unspecified atom stereocenters. The first-order valence-corrected chi connectivity index (χ1v) is 10.4. The number of nitrogens with one attached hydrogen (secondary N) is 1. The molecule has 1 aliphatic rings. The van der Waals surface area contributed by atoms with Crippen LogP contribution in [0, 0.1) is 13.8 Å². The first kappa shape index (κ1) is 19.3. The molecule has 29 heavy (non-hydrogen) atoms. The number of aryl methyl sites for hydroxylation is 2. The van der Waals surface area contributed by atoms with E-state index in [0.29, 0.717) is 22.1 Å². The normalized spacial score (nSPS) is 16.1. The second-order valence-electron chi connectivity index (χ2n) is 7.29. The number of carbonyl (C=O) groups excluding carboxylic acids is 2. The number of hydrogen-bond acceptors (Lipinski definition) is 5. The molecule has 4 rings (SSSR count). The number of likely N-dealkylation sites (tertiary alicyclic amines) is 1. The van der Waals surface area contributed by atoms with Gasteiger partial charge in [-0.2, -0.15) is 0 Å². The van der Waals surface area contributed by atoms with Gasteiger partial charge in [0.25, 0.3) is 11.8 Å². The Labute approximate surface area is 173 Å². The van der Waals surface area contributed by atoms with Gasteiger partial charge in [-0.1, -0.05) is 46.7 Å². The van der Waals surface area contributed by atoms with Gasteiger partial charge in [0.15, 0.2) is 0 Å². The minimum Gasteiger partial charge on any atom is -0.329 e. The molecular weight excluding hydrogens is 384 g/mol. The minimum atomic E-state index is -0.285. The molecule has 1 saturated heterocycles. The fraction of sp³-hybridized carbons (Fsp3) is 0.273. The van der Waals surface area contributed by atoms with Gasteiger partial charge in [-0.05, 0) is 51.0 Å². The molecular formula is C22H22N4O2S. The Morgan fingerprint density at radius 2 is 1.66 bits per heavy atom. The van der Waals surface area contributed by atoms with Crippen LogP contribution in [0.25, 0.3) is 0 Å². The topological polar surface area (TPSA) is 75.2 Å². The fourth-order valence-electron chi connectivity index (χ4n) is 3.41. The van der Waals surface area contributed by atoms with Crippen molar-refractivity contribution in [3.05, 3.63) is 75.2 Å². The summed E-state index contributed by atoms with van der Waals surface area (Å²) in [4.78, 5) is 27.3. The summed E-state index contributed by atoms with van der Waals surface area (Å²) in [5, 5.41) is 12.1. The van der Waals surface area contributed by atoms with E-state index in [1.807, 2.05) is 67.3 Å². The maximum absolute atomic E-state index is 13.0. The van der Waals surface area contributed by atoms with Crippen LogP contribution in [-0.4, -0.2) is 33.5 Å². The summed E-state index contributed by atoms with van der Waals surface area (Å²) in [5.74, 6) is -0.291. The summed E-state index contributed by atoms with van der Waals surface area (Å²) in [6, 6.07) is 15.0. The smallest absolute Gasteiger partial charge is 0.286 e. The number of benzene rings is 2. The molecule has 1 fully saturated rings. The molecule has 2 amide bonds. The molecule has 7 heteroatoms. The number of anilines is 1. The minimum absolute atomic E-state index is 0.00615. The van der Waals surface area contributed by atoms with Gasteiger partial charge in [-0.25, -0.2) is 0 Å². The van der Waals surface area contributed by atoms with E-state index < -0.39 is 0 Å². The first-order chi connectivity index (χ1) is 14.0. The number of hydrogen-bond donors (Lipinski definition) is 1. The van der Waals surface area contributed by atoms with Crippen LogP contribution in [0.1, 0.15) is 55.2 Å². The standard InChI is InChI=1S/C22H22N4O2S/c1-14-5-9-16(10-6-14)22(28)26-13-3-4-18(26)20-24-25-21(29-20)19(27)23-17-11-7-15(2)8-12-17/h5-12,18H,3-4,13H2,1-2H3,(H,23,27)/t18-/m1/s1. The van der Waals surface area contributed by atoms with Crippen LogP contribution in [-0.2, 0) is 0 Å². The van der Waals surface area contributed by atoms with Crippen LogP contribution in [0.4, 0.5) is 5.69 Å². The summed E-state index contributed by atoms with van der Waals surface area (Å²) in [6.45, 7) is 4.67. The average Bonchev–Trinajstić information content (AvgIpc) is 3.39. The van der Waals surface area contributed by atoms with Crippen LogP contribution in [0.3, 0.4) is 0 Å². The molecule has 0 saturated carbocycles. The van der Waals surface area contributed by atoms with Gasteiger partial charge < -0.3 is 10.2 Å². The Morgan fingerprint density at radius 3 is 2.34 bits per heavy atom. The zero-order valence-electron chi connectivity index (χ0n) is 16.4. The van der Waals surface area contributed by atoms with E-state index in [-0.39, 0.29) is 17.9 Å². The predicted octanol–water partition coefficient (Wildman–Crippen LogP) is 4.38. The zero-order chi connectivity index (χ0) is 20.4. The summed E-state index contributed by atoms with van der Waals surface area (Å²) < 4.78 is 0. The molecule has 3 aromatic rings. The maximum atomic E-state index is 13.0. The number of amides is 2. The van der Waals surface area contributed by atoms with E-state index in [0.717, 1.165) is 29.7 Å². The molecule has 0 spiro atoms. The molecule has 1 aromatic heterocycles. The largest absolute Gasteiger partial charge is 0.329 e. The van der Waals surface area contributed by atoms with E-state index in [9.17, 15) is 9.59 Å². The number of aromatic nitrogens is 2. The molecule has 0 aliphatic carbocycles. The Hall–Kier alpha value is -3.06. The number of nitrogens with zero attached hydrogens (tertiary/aromatic N) is 3. The lowest BCUT2D eigenvalue weighted by molar-refractivity contribution is 0.0735. The van der Waals surface area contributed by atoms with Gasteiger partial charge in [0, 0.05) is 17.8 Å². The second-order valence-corrected chi connectivity index (χ2v) is 8.30. The molecule has 0 radical (unpaired) electrons. The monoisotopic (exact) mass is 406 g/mol. The summed E-state index contributed by atoms with van der Waals surface area (Å²) in [5.41, 5.74) is 3.63. The third-order valence-electron chi connectivity index (χ3n) is 5.04. The van der Waals surface area contributed by atoms with E-state index in [1.54, 1.807) is 0 Å². The molecule has 6 nitrogen and oxygen atoms in total. The molecule has 0 bridgehead atoms. The summed E-state index contributed by atoms with van der Waals surface area (Å²) >= 11 is 1.25. The Balaban J connectivity index is 1.49. The van der Waals surface area contributed by atoms with Gasteiger partial charge in [-0.3, -0.25) is 9.59 Å². The van der Waals surface area contributed by atoms with Crippen LogP contribution in [0.5, 0.6) is 0 Å². The highest BCUT2D eigenvalue weighted by Crippen LogP contribution is 2.34. The highest BCUT2D eigenvalue weighted by Gasteiger charge is 2.33. The second kappa shape index (κ2) is 8.13. The van der Waals surface area contributed by atoms with Crippen molar-refractivity contribution in [2.45, 2.75) is 32.7 Å². The Bertz CT molecular complexity index is 1030. The van der Waals surface area contributed by atoms with Gasteiger partial charge in [0.05, 0.1) is 6.04 Å². The molecule has 2 aromatic carbocycles. The lowest BCUT2D eigenvalue weighted by Gasteiger charge is -2.22. The van der Waals surface area contributed by atoms with Crippen molar-refractivity contribution in [3.63, 3.8) is 0 Å². The van der Waals surface area contributed by atoms with Crippen molar-refractivity contribution in [3.8, 4) is 0 Å². The first-order valence-electron chi connectivity index (χ1n) is 9.60. The molecule has 148 valence electrons. The van der Waals surface area contributed by atoms with Crippen molar-refractivity contribution in [1.82, 2.24) is 15.1 Å². The van der Waals surface area contributed by atoms with Crippen molar-refractivity contribution >= 4 is 28.8 Å². The van der Waals surface area contributed by atoms with Crippen LogP contribution in [0.15, 0.2) is 48.5 Å². The van der Waals surface area contributed by atoms with Gasteiger partial charge >= 0.3 is 0 Å². The summed E-state index contributed by atoms with van der Waals surface area (Å²) in [7, 11) is 0. The third kappa shape index (κ3) is 4.19. The highest BCUT2D eigenvalue weighted by atomic mass is 32.1. The Morgan fingerprint density at radius 1 is 1.00 bits per heavy atom. The lowest BCUT2D eigenvalue weighted by atomic mass is 10.1. The lowest BCUT2D eigenvalue weighted by Crippen LogP contribution is -2.30. The third-order valence-corrected chi connectivity index (χ3v) is 6.06. The van der Waals surface area contributed by atoms with Crippen LogP contribution >= 0.6 is 11.3 Å². The van der Waals surface area contributed by atoms with Crippen molar-refractivity contribution in [2.75, 3.05) is 11.9 Å².